The first-order valence-electron chi connectivity index (χ1n) is 9.20. The summed E-state index contributed by atoms with van der Waals surface area (Å²) in [5.74, 6) is 0.317. The molecule has 2 atom stereocenters. The molecule has 0 aromatic carbocycles. The van der Waals surface area contributed by atoms with Crippen LogP contribution in [0.3, 0.4) is 0 Å². The SMILES string of the molecule is COC[C@@H]1C[C@H](n2cc(NC(=O)C3CC3)cn2)CN1Cc1cccnc1. The van der Waals surface area contributed by atoms with Crippen LogP contribution in [0.1, 0.15) is 30.9 Å². The van der Waals surface area contributed by atoms with E-state index in [1.54, 1.807) is 19.5 Å². The molecule has 138 valence electrons. The highest BCUT2D eigenvalue weighted by Gasteiger charge is 2.34. The summed E-state index contributed by atoms with van der Waals surface area (Å²) in [5, 5.41) is 7.46. The molecule has 0 bridgehead atoms. The van der Waals surface area contributed by atoms with Crippen LogP contribution in [-0.2, 0) is 16.1 Å². The number of nitrogens with one attached hydrogen (secondary N) is 1. The van der Waals surface area contributed by atoms with E-state index in [1.165, 1.54) is 5.56 Å². The molecule has 26 heavy (non-hydrogen) atoms. The smallest absolute Gasteiger partial charge is 0.227 e. The summed E-state index contributed by atoms with van der Waals surface area (Å²) in [4.78, 5) is 18.6. The van der Waals surface area contributed by atoms with Gasteiger partial charge in [0.05, 0.1) is 24.5 Å². The molecule has 2 aromatic rings. The molecular formula is C19H25N5O2. The minimum Gasteiger partial charge on any atom is -0.383 e. The Morgan fingerprint density at radius 3 is 3.00 bits per heavy atom. The molecule has 1 amide bonds. The second-order valence-electron chi connectivity index (χ2n) is 7.26. The van der Waals surface area contributed by atoms with Crippen molar-refractivity contribution in [2.75, 3.05) is 25.6 Å². The van der Waals surface area contributed by atoms with Crippen LogP contribution >= 0.6 is 0 Å². The second-order valence-corrected chi connectivity index (χ2v) is 7.26. The van der Waals surface area contributed by atoms with Crippen molar-refractivity contribution < 1.29 is 9.53 Å². The van der Waals surface area contributed by atoms with E-state index < -0.39 is 0 Å². The molecule has 1 saturated carbocycles. The Hall–Kier alpha value is -2.25. The summed E-state index contributed by atoms with van der Waals surface area (Å²) in [7, 11) is 1.75. The predicted octanol–water partition coefficient (Wildman–Crippen LogP) is 2.09. The lowest BCUT2D eigenvalue weighted by Crippen LogP contribution is -2.32. The molecule has 1 N–H and O–H groups in total. The Morgan fingerprint density at radius 1 is 1.38 bits per heavy atom. The topological polar surface area (TPSA) is 72.3 Å². The third kappa shape index (κ3) is 3.94. The van der Waals surface area contributed by atoms with Crippen molar-refractivity contribution >= 4 is 11.6 Å². The van der Waals surface area contributed by atoms with Crippen molar-refractivity contribution in [2.24, 2.45) is 5.92 Å². The van der Waals surface area contributed by atoms with E-state index in [9.17, 15) is 4.79 Å². The number of rotatable bonds is 7. The molecule has 2 fully saturated rings. The third-order valence-electron chi connectivity index (χ3n) is 5.16. The van der Waals surface area contributed by atoms with Crippen molar-refractivity contribution in [1.82, 2.24) is 19.7 Å². The number of anilines is 1. The van der Waals surface area contributed by atoms with Gasteiger partial charge in [-0.15, -0.1) is 0 Å². The van der Waals surface area contributed by atoms with Gasteiger partial charge in [-0.2, -0.15) is 5.10 Å². The summed E-state index contributed by atoms with van der Waals surface area (Å²) in [6, 6.07) is 4.69. The average Bonchev–Trinajstić information content (AvgIpc) is 3.29. The van der Waals surface area contributed by atoms with Crippen molar-refractivity contribution in [1.29, 1.82) is 0 Å². The molecule has 2 aromatic heterocycles. The number of pyridine rings is 1. The fraction of sp³-hybridized carbons (Fsp3) is 0.526. The summed E-state index contributed by atoms with van der Waals surface area (Å²) in [6.45, 7) is 2.45. The monoisotopic (exact) mass is 355 g/mol. The Morgan fingerprint density at radius 2 is 2.27 bits per heavy atom. The molecule has 7 nitrogen and oxygen atoms in total. The molecule has 0 radical (unpaired) electrons. The van der Waals surface area contributed by atoms with Crippen LogP contribution in [0.2, 0.25) is 0 Å². The molecule has 2 aliphatic rings. The summed E-state index contributed by atoms with van der Waals surface area (Å²) >= 11 is 0. The number of methoxy groups -OCH3 is 1. The maximum atomic E-state index is 11.9. The first kappa shape index (κ1) is 17.2. The van der Waals surface area contributed by atoms with Crippen LogP contribution in [0.4, 0.5) is 5.69 Å². The van der Waals surface area contributed by atoms with Crippen LogP contribution in [0.15, 0.2) is 36.9 Å². The molecule has 1 saturated heterocycles. The van der Waals surface area contributed by atoms with Gasteiger partial charge in [-0.25, -0.2) is 0 Å². The van der Waals surface area contributed by atoms with Gasteiger partial charge in [0, 0.05) is 50.7 Å². The number of hydrogen-bond acceptors (Lipinski definition) is 5. The number of nitrogens with zero attached hydrogens (tertiary/aromatic N) is 4. The summed E-state index contributed by atoms with van der Waals surface area (Å²) < 4.78 is 7.41. The predicted molar refractivity (Wildman–Crippen MR) is 97.5 cm³/mol. The fourth-order valence-electron chi connectivity index (χ4n) is 3.63. The molecule has 7 heteroatoms. The Bertz CT molecular complexity index is 743. The highest BCUT2D eigenvalue weighted by Crippen LogP contribution is 2.31. The zero-order valence-corrected chi connectivity index (χ0v) is 15.0. The van der Waals surface area contributed by atoms with E-state index in [2.05, 4.69) is 26.4 Å². The quantitative estimate of drug-likeness (QED) is 0.823. The minimum atomic E-state index is 0.117. The highest BCUT2D eigenvalue weighted by molar-refractivity contribution is 5.93. The lowest BCUT2D eigenvalue weighted by atomic mass is 10.2. The van der Waals surface area contributed by atoms with Crippen molar-refractivity contribution in [3.8, 4) is 0 Å². The number of likely N-dealkylation sites (tertiary alicyclic amines) is 1. The number of carbonyl (C=O) groups is 1. The summed E-state index contributed by atoms with van der Waals surface area (Å²) in [5.41, 5.74) is 1.99. The van der Waals surface area contributed by atoms with Crippen LogP contribution in [-0.4, -0.2) is 51.9 Å². The first-order chi connectivity index (χ1) is 12.7. The molecule has 4 rings (SSSR count). The van der Waals surface area contributed by atoms with Gasteiger partial charge >= 0.3 is 0 Å². The number of ether oxygens (including phenoxy) is 1. The van der Waals surface area contributed by atoms with Crippen LogP contribution < -0.4 is 5.32 Å². The van der Waals surface area contributed by atoms with E-state index in [0.717, 1.165) is 38.0 Å². The van der Waals surface area contributed by atoms with E-state index in [0.29, 0.717) is 12.6 Å². The standard InChI is InChI=1S/C19H25N5O2/c1-26-13-18-7-17(12-23(18)10-14-3-2-6-20-8-14)24-11-16(9-21-24)22-19(25)15-4-5-15/h2-3,6,8-9,11,15,17-18H,4-5,7,10,12-13H2,1H3,(H,22,25)/t17-,18-/m0/s1. The number of hydrogen-bond donors (Lipinski definition) is 1. The van der Waals surface area contributed by atoms with E-state index in [-0.39, 0.29) is 17.9 Å². The molecule has 1 aliphatic carbocycles. The van der Waals surface area contributed by atoms with Crippen molar-refractivity contribution in [3.63, 3.8) is 0 Å². The van der Waals surface area contributed by atoms with Gasteiger partial charge < -0.3 is 10.1 Å². The van der Waals surface area contributed by atoms with Crippen LogP contribution in [0.25, 0.3) is 0 Å². The van der Waals surface area contributed by atoms with Crippen LogP contribution in [0, 0.1) is 5.92 Å². The Kier molecular flexibility index (Phi) is 4.99. The zero-order valence-electron chi connectivity index (χ0n) is 15.0. The minimum absolute atomic E-state index is 0.117. The third-order valence-corrected chi connectivity index (χ3v) is 5.16. The zero-order chi connectivity index (χ0) is 17.9. The van der Waals surface area contributed by atoms with Crippen molar-refractivity contribution in [3.05, 3.63) is 42.5 Å². The van der Waals surface area contributed by atoms with E-state index >= 15 is 0 Å². The van der Waals surface area contributed by atoms with Gasteiger partial charge in [-0.3, -0.25) is 19.4 Å². The van der Waals surface area contributed by atoms with E-state index in [4.69, 9.17) is 4.74 Å². The maximum Gasteiger partial charge on any atom is 0.227 e. The van der Waals surface area contributed by atoms with Gasteiger partial charge in [-0.05, 0) is 30.9 Å². The second kappa shape index (κ2) is 7.55. The lowest BCUT2D eigenvalue weighted by molar-refractivity contribution is -0.117. The Labute approximate surface area is 153 Å². The van der Waals surface area contributed by atoms with Gasteiger partial charge in [0.15, 0.2) is 0 Å². The fourth-order valence-corrected chi connectivity index (χ4v) is 3.63. The summed E-state index contributed by atoms with van der Waals surface area (Å²) in [6.07, 6.45) is 10.4. The van der Waals surface area contributed by atoms with Gasteiger partial charge in [0.25, 0.3) is 0 Å². The Balaban J connectivity index is 1.42. The first-order valence-corrected chi connectivity index (χ1v) is 9.20. The van der Waals surface area contributed by atoms with Gasteiger partial charge in [0.1, 0.15) is 0 Å². The number of amides is 1. The normalized spacial score (nSPS) is 23.3. The van der Waals surface area contributed by atoms with Crippen molar-refractivity contribution in [2.45, 2.75) is 37.9 Å². The number of aromatic nitrogens is 3. The molecule has 0 spiro atoms. The molecular weight excluding hydrogens is 330 g/mol. The molecule has 1 aliphatic heterocycles. The molecule has 0 unspecified atom stereocenters. The average molecular weight is 355 g/mol. The largest absolute Gasteiger partial charge is 0.383 e. The lowest BCUT2D eigenvalue weighted by Gasteiger charge is -2.23. The maximum absolute atomic E-state index is 11.9. The number of carbonyl (C=O) groups excluding carboxylic acids is 1. The van der Waals surface area contributed by atoms with Gasteiger partial charge in [-0.1, -0.05) is 6.07 Å². The highest BCUT2D eigenvalue weighted by atomic mass is 16.5. The van der Waals surface area contributed by atoms with E-state index in [1.807, 2.05) is 23.1 Å². The van der Waals surface area contributed by atoms with Crippen LogP contribution in [0.5, 0.6) is 0 Å². The van der Waals surface area contributed by atoms with Gasteiger partial charge in [0.2, 0.25) is 5.91 Å². The molecule has 3 heterocycles.